The summed E-state index contributed by atoms with van der Waals surface area (Å²) < 4.78 is 10.5. The van der Waals surface area contributed by atoms with Crippen molar-refractivity contribution in [3.05, 3.63) is 66.9 Å². The predicted molar refractivity (Wildman–Crippen MR) is 120 cm³/mol. The molecule has 6 nitrogen and oxygen atoms in total. The summed E-state index contributed by atoms with van der Waals surface area (Å²) in [7, 11) is 1.28. The molecule has 2 aromatic carbocycles. The number of thioether (sulfide) groups is 1. The van der Waals surface area contributed by atoms with Gasteiger partial charge in [0.05, 0.1) is 23.0 Å². The first kappa shape index (κ1) is 22.7. The van der Waals surface area contributed by atoms with Gasteiger partial charge in [-0.2, -0.15) is 0 Å². The van der Waals surface area contributed by atoms with E-state index in [1.807, 2.05) is 0 Å². The first-order valence-corrected chi connectivity index (χ1v) is 10.8. The Morgan fingerprint density at radius 3 is 2.63 bits per heavy atom. The second kappa shape index (κ2) is 9.87. The maximum atomic E-state index is 12.7. The van der Waals surface area contributed by atoms with Crippen LogP contribution in [-0.4, -0.2) is 35.7 Å². The van der Waals surface area contributed by atoms with Crippen LogP contribution < -0.4 is 4.74 Å². The summed E-state index contributed by atoms with van der Waals surface area (Å²) in [5.74, 6) is -0.457. The van der Waals surface area contributed by atoms with Gasteiger partial charge in [0.25, 0.3) is 11.1 Å². The Labute approximate surface area is 195 Å². The van der Waals surface area contributed by atoms with Crippen LogP contribution in [0.5, 0.6) is 5.75 Å². The minimum Gasteiger partial charge on any atom is -0.481 e. The number of benzene rings is 2. The van der Waals surface area contributed by atoms with E-state index in [9.17, 15) is 14.4 Å². The van der Waals surface area contributed by atoms with E-state index in [4.69, 9.17) is 27.9 Å². The zero-order chi connectivity index (χ0) is 21.8. The lowest BCUT2D eigenvalue weighted by atomic mass is 10.2. The molecule has 1 aliphatic rings. The van der Waals surface area contributed by atoms with Crippen molar-refractivity contribution in [3.8, 4) is 5.75 Å². The van der Waals surface area contributed by atoms with Gasteiger partial charge in [0.1, 0.15) is 5.75 Å². The number of methoxy groups -OCH3 is 1. The van der Waals surface area contributed by atoms with E-state index in [1.54, 1.807) is 42.5 Å². The Bertz CT molecular complexity index is 1060. The van der Waals surface area contributed by atoms with Crippen molar-refractivity contribution in [2.75, 3.05) is 13.7 Å². The smallest absolute Gasteiger partial charge is 0.343 e. The lowest BCUT2D eigenvalue weighted by Gasteiger charge is -2.13. The fourth-order valence-corrected chi connectivity index (χ4v) is 4.34. The molecule has 2 aromatic rings. The topological polar surface area (TPSA) is 72.9 Å². The van der Waals surface area contributed by atoms with Gasteiger partial charge in [0.15, 0.2) is 6.61 Å². The molecule has 0 spiro atoms. The number of hydrogen-bond donors (Lipinski definition) is 0. The summed E-state index contributed by atoms with van der Waals surface area (Å²) in [5.41, 5.74) is 1.31. The maximum absolute atomic E-state index is 12.7. The molecule has 3 rings (SSSR count). The third-order valence-corrected chi connectivity index (χ3v) is 6.16. The van der Waals surface area contributed by atoms with Crippen molar-refractivity contribution in [1.82, 2.24) is 4.90 Å². The third kappa shape index (κ3) is 5.37. The molecule has 0 unspecified atom stereocenters. The molecule has 1 aliphatic heterocycles. The first-order valence-electron chi connectivity index (χ1n) is 8.47. The van der Waals surface area contributed by atoms with Crippen LogP contribution in [0.1, 0.15) is 11.1 Å². The normalized spacial score (nSPS) is 15.1. The van der Waals surface area contributed by atoms with Gasteiger partial charge in [0.2, 0.25) is 0 Å². The molecule has 156 valence electrons. The highest BCUT2D eigenvalue weighted by Gasteiger charge is 2.35. The minimum atomic E-state index is -0.500. The predicted octanol–water partition coefficient (Wildman–Crippen LogP) is 5.54. The van der Waals surface area contributed by atoms with Gasteiger partial charge in [-0.1, -0.05) is 35.3 Å². The zero-order valence-electron chi connectivity index (χ0n) is 15.5. The number of amides is 2. The zero-order valence-corrected chi connectivity index (χ0v) is 19.4. The fourth-order valence-electron chi connectivity index (χ4n) is 2.53. The number of rotatable bonds is 6. The highest BCUT2D eigenvalue weighted by atomic mass is 79.9. The molecule has 0 bridgehead atoms. The molecule has 0 N–H and O–H groups in total. The third-order valence-electron chi connectivity index (χ3n) is 4.04. The monoisotopic (exact) mass is 529 g/mol. The number of halogens is 3. The minimum absolute atomic E-state index is 0.0575. The lowest BCUT2D eigenvalue weighted by molar-refractivity contribution is -0.142. The van der Waals surface area contributed by atoms with Crippen LogP contribution in [0.2, 0.25) is 10.0 Å². The Kier molecular flexibility index (Phi) is 7.46. The highest BCUT2D eigenvalue weighted by molar-refractivity contribution is 9.10. The van der Waals surface area contributed by atoms with Crippen LogP contribution in [0.4, 0.5) is 4.79 Å². The summed E-state index contributed by atoms with van der Waals surface area (Å²) >= 11 is 16.3. The first-order chi connectivity index (χ1) is 14.3. The summed E-state index contributed by atoms with van der Waals surface area (Å²) in [6.45, 7) is -0.164. The molecule has 1 heterocycles. The molecule has 1 saturated heterocycles. The maximum Gasteiger partial charge on any atom is 0.343 e. The van der Waals surface area contributed by atoms with Crippen molar-refractivity contribution in [2.24, 2.45) is 0 Å². The van der Waals surface area contributed by atoms with Crippen LogP contribution >= 0.6 is 50.9 Å². The van der Waals surface area contributed by atoms with E-state index in [-0.39, 0.29) is 18.4 Å². The number of carbonyl (C=O) groups is 3. The van der Waals surface area contributed by atoms with Crippen molar-refractivity contribution >= 4 is 74.1 Å². The fraction of sp³-hybridized carbons (Fsp3) is 0.150. The average molecular weight is 531 g/mol. The molecule has 0 atom stereocenters. The van der Waals surface area contributed by atoms with Crippen LogP contribution in [0.25, 0.3) is 6.08 Å². The standard InChI is InChI=1S/C20H14BrCl2NO5S/c1-28-18(25)10-29-16-5-2-11(6-14(16)21)7-17-19(26)24(20(27)30-17)9-12-3-4-13(22)8-15(12)23/h2-8H,9-10H2,1H3/b17-7+. The average Bonchev–Trinajstić information content (AvgIpc) is 2.96. The number of hydrogen-bond acceptors (Lipinski definition) is 6. The number of esters is 1. The molecule has 1 fully saturated rings. The van der Waals surface area contributed by atoms with Crippen molar-refractivity contribution in [3.63, 3.8) is 0 Å². The summed E-state index contributed by atoms with van der Waals surface area (Å²) in [4.78, 5) is 37.7. The molecule has 10 heteroatoms. The number of carbonyl (C=O) groups excluding carboxylic acids is 3. The number of nitrogens with zero attached hydrogens (tertiary/aromatic N) is 1. The van der Waals surface area contributed by atoms with Crippen molar-refractivity contribution < 1.29 is 23.9 Å². The van der Waals surface area contributed by atoms with E-state index in [2.05, 4.69) is 20.7 Å². The molecule has 0 radical (unpaired) electrons. The van der Waals surface area contributed by atoms with E-state index in [1.165, 1.54) is 7.11 Å². The number of ether oxygens (including phenoxy) is 2. The molecular weight excluding hydrogens is 517 g/mol. The van der Waals surface area contributed by atoms with Gasteiger partial charge in [-0.15, -0.1) is 0 Å². The van der Waals surface area contributed by atoms with Crippen molar-refractivity contribution in [1.29, 1.82) is 0 Å². The van der Waals surface area contributed by atoms with Crippen LogP contribution in [0.3, 0.4) is 0 Å². The molecule has 0 saturated carbocycles. The Hall–Kier alpha value is -2.00. The molecule has 30 heavy (non-hydrogen) atoms. The van der Waals surface area contributed by atoms with E-state index in [0.717, 1.165) is 16.7 Å². The largest absolute Gasteiger partial charge is 0.481 e. The van der Waals surface area contributed by atoms with Crippen LogP contribution in [-0.2, 0) is 20.9 Å². The van der Waals surface area contributed by atoms with Gasteiger partial charge >= 0.3 is 5.97 Å². The number of imide groups is 1. The summed E-state index contributed by atoms with van der Waals surface area (Å²) in [5, 5.41) is 0.480. The SMILES string of the molecule is COC(=O)COc1ccc(/C=C2/SC(=O)N(Cc3ccc(Cl)cc3Cl)C2=O)cc1Br. The summed E-state index contributed by atoms with van der Waals surface area (Å²) in [6, 6.07) is 9.98. The second-order valence-corrected chi connectivity index (χ2v) is 8.75. The Morgan fingerprint density at radius 2 is 1.97 bits per heavy atom. The van der Waals surface area contributed by atoms with Crippen LogP contribution in [0, 0.1) is 0 Å². The van der Waals surface area contributed by atoms with E-state index in [0.29, 0.717) is 36.3 Å². The van der Waals surface area contributed by atoms with Crippen molar-refractivity contribution in [2.45, 2.75) is 6.54 Å². The molecule has 0 aromatic heterocycles. The Morgan fingerprint density at radius 1 is 1.20 bits per heavy atom. The highest BCUT2D eigenvalue weighted by Crippen LogP contribution is 2.35. The Balaban J connectivity index is 1.75. The van der Waals surface area contributed by atoms with Gasteiger partial charge in [-0.05, 0) is 69.2 Å². The van der Waals surface area contributed by atoms with E-state index >= 15 is 0 Å². The summed E-state index contributed by atoms with van der Waals surface area (Å²) in [6.07, 6.45) is 1.61. The lowest BCUT2D eigenvalue weighted by Crippen LogP contribution is -2.27. The molecular formula is C20H14BrCl2NO5S. The van der Waals surface area contributed by atoms with Gasteiger partial charge in [-0.25, -0.2) is 4.79 Å². The molecule has 2 amide bonds. The van der Waals surface area contributed by atoms with Crippen LogP contribution in [0.15, 0.2) is 45.8 Å². The molecule has 0 aliphatic carbocycles. The van der Waals surface area contributed by atoms with Gasteiger partial charge < -0.3 is 9.47 Å². The second-order valence-electron chi connectivity index (χ2n) is 6.06. The quantitative estimate of drug-likeness (QED) is 0.360. The van der Waals surface area contributed by atoms with E-state index < -0.39 is 11.9 Å². The van der Waals surface area contributed by atoms with Gasteiger partial charge in [-0.3, -0.25) is 14.5 Å². The van der Waals surface area contributed by atoms with Gasteiger partial charge in [0, 0.05) is 10.0 Å².